The van der Waals surface area contributed by atoms with E-state index in [1.807, 2.05) is 12.1 Å². The number of rotatable bonds is 11. The van der Waals surface area contributed by atoms with E-state index >= 15 is 0 Å². The normalized spacial score (nSPS) is 12.8. The number of nitrogens with zero attached hydrogens (tertiary/aromatic N) is 3. The minimum atomic E-state index is -0.116. The van der Waals surface area contributed by atoms with E-state index < -0.39 is 0 Å². The van der Waals surface area contributed by atoms with Crippen LogP contribution in [-0.4, -0.2) is 4.57 Å². The van der Waals surface area contributed by atoms with Gasteiger partial charge in [0.05, 0.1) is 11.0 Å². The van der Waals surface area contributed by atoms with Crippen molar-refractivity contribution in [3.05, 3.63) is 450 Å². The molecule has 0 fully saturated rings. The van der Waals surface area contributed by atoms with Gasteiger partial charge in [0.2, 0.25) is 0 Å². The molecule has 0 radical (unpaired) electrons. The van der Waals surface area contributed by atoms with Crippen molar-refractivity contribution in [1.82, 2.24) is 4.57 Å². The fraction of sp³-hybridized carbons (Fsp3) is 0.100. The number of para-hydroxylation sites is 2. The van der Waals surface area contributed by atoms with Gasteiger partial charge in [-0.15, -0.1) is 0 Å². The van der Waals surface area contributed by atoms with Crippen molar-refractivity contribution in [3.8, 4) is 61.3 Å². The van der Waals surface area contributed by atoms with Gasteiger partial charge in [-0.3, -0.25) is 0 Å². The Kier molecular flexibility index (Phi) is 19.9. The number of fused-ring (bicyclic) bond motifs is 24. The Labute approximate surface area is 735 Å². The lowest BCUT2D eigenvalue weighted by molar-refractivity contribution is 0.659. The Morgan fingerprint density at radius 1 is 0.242 bits per heavy atom. The summed E-state index contributed by atoms with van der Waals surface area (Å²) in [5.74, 6) is 0. The summed E-state index contributed by atoms with van der Waals surface area (Å²) in [7, 11) is 0. The summed E-state index contributed by atoms with van der Waals surface area (Å²) in [6.45, 7) is 13.9. The molecule has 0 spiro atoms. The molecule has 0 unspecified atom stereocenters. The number of hydrogen-bond donors (Lipinski definition) is 0. The topological polar surface area (TPSA) is 11.4 Å². The highest BCUT2D eigenvalue weighted by molar-refractivity contribution is 9.10. The zero-order valence-electron chi connectivity index (χ0n) is 70.8. The van der Waals surface area contributed by atoms with Crippen LogP contribution in [0.5, 0.6) is 0 Å². The minimum Gasteiger partial charge on any atom is -0.311 e. The van der Waals surface area contributed by atoms with E-state index in [9.17, 15) is 0 Å². The van der Waals surface area contributed by atoms with Crippen LogP contribution in [0.3, 0.4) is 0 Å². The van der Waals surface area contributed by atoms with Gasteiger partial charge in [0, 0.05) is 65.9 Å². The molecular formula is C120H94BrN3. The lowest BCUT2D eigenvalue weighted by Gasteiger charge is -2.26. The molecule has 0 amide bonds. The molecule has 4 heteroatoms. The smallest absolute Gasteiger partial charge is 0.0547 e. The van der Waals surface area contributed by atoms with Gasteiger partial charge in [-0.25, -0.2) is 0 Å². The van der Waals surface area contributed by atoms with E-state index in [0.29, 0.717) is 0 Å². The molecule has 0 aliphatic heterocycles. The second kappa shape index (κ2) is 32.0. The molecule has 0 N–H and O–H groups in total. The first-order valence-electron chi connectivity index (χ1n) is 43.8. The van der Waals surface area contributed by atoms with Crippen LogP contribution in [-0.2, 0) is 17.3 Å². The quantitative estimate of drug-likeness (QED) is 0.120. The number of halogens is 1. The number of unbranched alkanes of at least 4 members (excludes halogenated alkanes) is 2. The van der Waals surface area contributed by atoms with Gasteiger partial charge in [-0.1, -0.05) is 350 Å². The van der Waals surface area contributed by atoms with Gasteiger partial charge >= 0.3 is 0 Å². The number of hydrogen-bond acceptors (Lipinski definition) is 2. The number of anilines is 6. The van der Waals surface area contributed by atoms with Gasteiger partial charge in [0.25, 0.3) is 0 Å². The van der Waals surface area contributed by atoms with Crippen LogP contribution in [0.15, 0.2) is 417 Å². The van der Waals surface area contributed by atoms with E-state index in [1.165, 1.54) is 195 Å². The Hall–Kier alpha value is -14.2. The average Bonchev–Trinajstić information content (AvgIpc) is 1.52. The summed E-state index contributed by atoms with van der Waals surface area (Å²) in [6, 6.07) is 151. The molecule has 0 saturated heterocycles. The number of aromatic nitrogens is 1. The van der Waals surface area contributed by atoms with E-state index in [1.54, 1.807) is 0 Å². The largest absolute Gasteiger partial charge is 0.311 e. The predicted molar refractivity (Wildman–Crippen MR) is 535 cm³/mol. The fourth-order valence-corrected chi connectivity index (χ4v) is 20.5. The first-order chi connectivity index (χ1) is 60.9. The Morgan fingerprint density at radius 3 is 0.992 bits per heavy atom. The van der Waals surface area contributed by atoms with Gasteiger partial charge in [0.15, 0.2) is 0 Å². The van der Waals surface area contributed by atoms with Gasteiger partial charge < -0.3 is 14.4 Å². The fourth-order valence-electron chi connectivity index (χ4n) is 20.3. The first-order valence-corrected chi connectivity index (χ1v) is 44.6. The second-order valence-corrected chi connectivity index (χ2v) is 35.4. The van der Waals surface area contributed by atoms with E-state index in [2.05, 4.69) is 472 Å². The van der Waals surface area contributed by atoms with E-state index in [4.69, 9.17) is 0 Å². The van der Waals surface area contributed by atoms with Gasteiger partial charge in [0.1, 0.15) is 0 Å². The highest BCUT2D eigenvalue weighted by Crippen LogP contribution is 2.55. The maximum Gasteiger partial charge on any atom is 0.0547 e. The molecule has 0 atom stereocenters. The molecule has 1 aromatic heterocycles. The highest BCUT2D eigenvalue weighted by atomic mass is 79.9. The minimum absolute atomic E-state index is 0.0485. The molecule has 0 bridgehead atoms. The third kappa shape index (κ3) is 13.5. The lowest BCUT2D eigenvalue weighted by Crippen LogP contribution is -2.15. The van der Waals surface area contributed by atoms with Gasteiger partial charge in [-0.05, 0) is 300 Å². The molecule has 20 aromatic carbocycles. The summed E-state index contributed by atoms with van der Waals surface area (Å²) in [5, 5.41) is 18.4. The summed E-state index contributed by atoms with van der Waals surface area (Å²) in [5.41, 5.74) is 32.1. The summed E-state index contributed by atoms with van der Waals surface area (Å²) >= 11 is 3.52. The third-order valence-corrected chi connectivity index (χ3v) is 27.0. The van der Waals surface area contributed by atoms with Crippen LogP contribution in [0.25, 0.3) is 148 Å². The molecule has 124 heavy (non-hydrogen) atoms. The van der Waals surface area contributed by atoms with Crippen molar-refractivity contribution in [2.75, 3.05) is 9.80 Å². The van der Waals surface area contributed by atoms with Crippen LogP contribution >= 0.6 is 15.9 Å². The van der Waals surface area contributed by atoms with Gasteiger partial charge in [-0.2, -0.15) is 0 Å². The molecule has 21 aromatic rings. The Bertz CT molecular complexity index is 7640. The standard InChI is InChI=1S/C57H40N2.C34H24.C24H18BrN.C5H12/c1-57(2)53-24-14-13-23-47(53)50-34-52-51-33-48-45-21-11-9-19-43(45)44-20-10-12-22-46(44)49(48)35-55(51)59(56(52)36-54(50)57)42-31-29-41(30-32-42)58(39-17-7-4-8-18-39)40-27-25-38(26-28-40)37-15-5-3-6-16-37;1-34(2)32-14-8-7-13-26(32)31-19-28-21(17-33(31)34)15-20-16-29-24-11-5-3-9-22(24)23-10-4-6-12-25(23)30(29)18-27(20)28;25-21-13-17-24(18-14-21)26(22-9-5-2-6-10-22)23-15-11-20(12-16-23)19-7-3-1-4-8-19;1-3-5-4-2/h3-36H,1-2H3;3-14,16-19H,15H2,1-2H3;1-18H;3-5H2,1-2H3. The predicted octanol–water partition coefficient (Wildman–Crippen LogP) is 34.5. The maximum atomic E-state index is 3.52. The molecule has 0 saturated carbocycles. The van der Waals surface area contributed by atoms with E-state index in [-0.39, 0.29) is 10.8 Å². The van der Waals surface area contributed by atoms with Crippen molar-refractivity contribution in [2.24, 2.45) is 0 Å². The Morgan fingerprint density at radius 2 is 0.548 bits per heavy atom. The molecule has 24 rings (SSSR count). The van der Waals surface area contributed by atoms with Crippen LogP contribution in [0.2, 0.25) is 0 Å². The third-order valence-electron chi connectivity index (χ3n) is 26.4. The van der Waals surface area contributed by atoms with Crippen LogP contribution in [0.1, 0.15) is 94.2 Å². The molecule has 3 aliphatic rings. The van der Waals surface area contributed by atoms with Crippen molar-refractivity contribution < 1.29 is 0 Å². The molecule has 3 nitrogen and oxygen atoms in total. The van der Waals surface area contributed by atoms with Crippen molar-refractivity contribution in [3.63, 3.8) is 0 Å². The van der Waals surface area contributed by atoms with Crippen molar-refractivity contribution >= 4 is 136 Å². The Balaban J connectivity index is 0.000000122. The second-order valence-electron chi connectivity index (χ2n) is 34.5. The van der Waals surface area contributed by atoms with Crippen molar-refractivity contribution in [2.45, 2.75) is 78.1 Å². The molecule has 1 heterocycles. The van der Waals surface area contributed by atoms with Crippen LogP contribution in [0, 0.1) is 0 Å². The zero-order valence-corrected chi connectivity index (χ0v) is 72.4. The average molecular weight is 1660 g/mol. The maximum absolute atomic E-state index is 3.52. The molecular weight excluding hydrogens is 1560 g/mol. The zero-order chi connectivity index (χ0) is 83.7. The van der Waals surface area contributed by atoms with Crippen molar-refractivity contribution in [1.29, 1.82) is 0 Å². The molecule has 596 valence electrons. The first kappa shape index (κ1) is 77.2. The van der Waals surface area contributed by atoms with Crippen LogP contribution < -0.4 is 9.80 Å². The number of benzene rings is 20. The molecule has 3 aliphatic carbocycles. The highest BCUT2D eigenvalue weighted by Gasteiger charge is 2.39. The SMILES string of the molecule is Brc1ccc(N(c2ccccc2)c2ccc(-c3ccccc3)cc2)cc1.CC1(C)c2ccccc2-c2cc3c(cc21)Cc1cc2c4ccccc4c4ccccc4c2cc1-3.CC1(C)c2ccccc2-c2cc3c4cc5c6ccccc6c6ccccc6c5cc4n(-c4ccc(N(c5ccccc5)c5ccc(-c6ccccc6)cc5)cc4)c3cc21.CCCCC. The monoisotopic (exact) mass is 1660 g/mol. The summed E-state index contributed by atoms with van der Waals surface area (Å²) < 4.78 is 3.59. The lowest BCUT2D eigenvalue weighted by atomic mass is 9.81. The summed E-state index contributed by atoms with van der Waals surface area (Å²) in [6.07, 6.45) is 5.09. The van der Waals surface area contributed by atoms with Crippen LogP contribution in [0.4, 0.5) is 34.1 Å². The van der Waals surface area contributed by atoms with E-state index in [0.717, 1.165) is 50.7 Å². The summed E-state index contributed by atoms with van der Waals surface area (Å²) in [4.78, 5) is 4.61.